The first-order chi connectivity index (χ1) is 12.6. The Balaban J connectivity index is 1.82. The summed E-state index contributed by atoms with van der Waals surface area (Å²) in [6.45, 7) is 6.09. The number of H-pyrrole nitrogens is 1. The second-order valence-corrected chi connectivity index (χ2v) is 7.28. The van der Waals surface area contributed by atoms with Gasteiger partial charge in [-0.1, -0.05) is 44.5 Å². The van der Waals surface area contributed by atoms with Gasteiger partial charge in [-0.3, -0.25) is 4.79 Å². The Morgan fingerprint density at radius 1 is 1.35 bits per heavy atom. The van der Waals surface area contributed by atoms with Gasteiger partial charge in [0.1, 0.15) is 0 Å². The van der Waals surface area contributed by atoms with Crippen LogP contribution >= 0.6 is 0 Å². The number of aliphatic carboxylic acids is 1. The summed E-state index contributed by atoms with van der Waals surface area (Å²) < 4.78 is 0. The van der Waals surface area contributed by atoms with Crippen molar-refractivity contribution in [1.82, 2.24) is 25.9 Å². The van der Waals surface area contributed by atoms with E-state index in [9.17, 15) is 9.90 Å². The second-order valence-electron chi connectivity index (χ2n) is 7.28. The molecule has 2 heterocycles. The number of tetrazole rings is 1. The summed E-state index contributed by atoms with van der Waals surface area (Å²) in [7, 11) is 0. The lowest BCUT2D eigenvalue weighted by Crippen LogP contribution is -2.30. The Hall–Kier alpha value is -2.28. The van der Waals surface area contributed by atoms with Gasteiger partial charge >= 0.3 is 5.97 Å². The third kappa shape index (κ3) is 4.09. The van der Waals surface area contributed by atoms with Crippen LogP contribution in [0.4, 0.5) is 0 Å². The van der Waals surface area contributed by atoms with Crippen LogP contribution in [0.5, 0.6) is 0 Å². The van der Waals surface area contributed by atoms with Crippen LogP contribution in [-0.4, -0.2) is 44.8 Å². The number of nitrogens with zero attached hydrogens (tertiary/aromatic N) is 3. The van der Waals surface area contributed by atoms with E-state index in [2.05, 4.69) is 50.2 Å². The number of carbonyl (C=O) groups is 1. The maximum atomic E-state index is 12.0. The molecule has 1 fully saturated rings. The standard InChI is InChI=1S/C19H27N5O2/c1-3-12(2)17(19(25)26)16(18-21-23-24-22-18)10-13-4-6-14(7-5-13)15-8-9-20-11-15/h4-7,12,15-17,20H,3,8-11H2,1-2H3,(H,25,26)(H,21,22,23,24)/t12?,15?,16-,17-/m0/s1. The molecule has 1 aliphatic rings. The van der Waals surface area contributed by atoms with E-state index >= 15 is 0 Å². The van der Waals surface area contributed by atoms with Crippen LogP contribution in [0.2, 0.25) is 0 Å². The largest absolute Gasteiger partial charge is 0.481 e. The summed E-state index contributed by atoms with van der Waals surface area (Å²) >= 11 is 0. The molecule has 4 atom stereocenters. The molecule has 7 nitrogen and oxygen atoms in total. The van der Waals surface area contributed by atoms with Crippen molar-refractivity contribution in [2.45, 2.75) is 44.9 Å². The van der Waals surface area contributed by atoms with E-state index in [0.717, 1.165) is 25.1 Å². The van der Waals surface area contributed by atoms with Crippen molar-refractivity contribution >= 4 is 5.97 Å². The van der Waals surface area contributed by atoms with E-state index in [-0.39, 0.29) is 11.8 Å². The minimum Gasteiger partial charge on any atom is -0.481 e. The predicted molar refractivity (Wildman–Crippen MR) is 97.9 cm³/mol. The van der Waals surface area contributed by atoms with Crippen LogP contribution in [0.1, 0.15) is 55.5 Å². The summed E-state index contributed by atoms with van der Waals surface area (Å²) in [4.78, 5) is 12.0. The van der Waals surface area contributed by atoms with Gasteiger partial charge in [0, 0.05) is 12.5 Å². The number of carboxylic acid groups (broad SMARTS) is 1. The molecule has 0 saturated carbocycles. The van der Waals surface area contributed by atoms with Crippen molar-refractivity contribution in [3.63, 3.8) is 0 Å². The van der Waals surface area contributed by atoms with Crippen molar-refractivity contribution in [2.24, 2.45) is 11.8 Å². The lowest BCUT2D eigenvalue weighted by atomic mass is 9.77. The first-order valence-corrected chi connectivity index (χ1v) is 9.36. The molecule has 0 bridgehead atoms. The van der Waals surface area contributed by atoms with Gasteiger partial charge in [-0.15, -0.1) is 5.10 Å². The van der Waals surface area contributed by atoms with Gasteiger partial charge in [-0.05, 0) is 52.8 Å². The van der Waals surface area contributed by atoms with Crippen LogP contribution < -0.4 is 5.32 Å². The molecule has 1 aliphatic heterocycles. The number of hydrogen-bond acceptors (Lipinski definition) is 5. The van der Waals surface area contributed by atoms with E-state index in [1.165, 1.54) is 12.0 Å². The molecule has 140 valence electrons. The average molecular weight is 357 g/mol. The molecule has 2 unspecified atom stereocenters. The Bertz CT molecular complexity index is 695. The number of benzene rings is 1. The monoisotopic (exact) mass is 357 g/mol. The van der Waals surface area contributed by atoms with Gasteiger partial charge in [0.05, 0.1) is 5.92 Å². The maximum absolute atomic E-state index is 12.0. The summed E-state index contributed by atoms with van der Waals surface area (Å²) in [5, 5.41) is 27.3. The van der Waals surface area contributed by atoms with Gasteiger partial charge in [-0.25, -0.2) is 5.10 Å². The van der Waals surface area contributed by atoms with Crippen molar-refractivity contribution in [3.8, 4) is 0 Å². The highest BCUT2D eigenvalue weighted by Gasteiger charge is 2.35. The third-order valence-corrected chi connectivity index (χ3v) is 5.66. The highest BCUT2D eigenvalue weighted by molar-refractivity contribution is 5.71. The van der Waals surface area contributed by atoms with E-state index < -0.39 is 11.9 Å². The highest BCUT2D eigenvalue weighted by Crippen LogP contribution is 2.33. The van der Waals surface area contributed by atoms with E-state index in [1.54, 1.807) is 0 Å². The fraction of sp³-hybridized carbons (Fsp3) is 0.579. The van der Waals surface area contributed by atoms with Crippen LogP contribution in [0, 0.1) is 11.8 Å². The zero-order chi connectivity index (χ0) is 18.5. The molecular formula is C19H27N5O2. The third-order valence-electron chi connectivity index (χ3n) is 5.66. The Kier molecular flexibility index (Phi) is 5.98. The van der Waals surface area contributed by atoms with Crippen molar-refractivity contribution in [2.75, 3.05) is 13.1 Å². The van der Waals surface area contributed by atoms with Crippen LogP contribution in [0.3, 0.4) is 0 Å². The highest BCUT2D eigenvalue weighted by atomic mass is 16.4. The van der Waals surface area contributed by atoms with Crippen LogP contribution in [0.15, 0.2) is 24.3 Å². The fourth-order valence-electron chi connectivity index (χ4n) is 3.90. The normalized spacial score (nSPS) is 20.6. The lowest BCUT2D eigenvalue weighted by Gasteiger charge is -2.26. The second kappa shape index (κ2) is 8.40. The molecule has 0 aliphatic carbocycles. The molecule has 0 spiro atoms. The van der Waals surface area contributed by atoms with Gasteiger partial charge in [0.25, 0.3) is 0 Å². The quantitative estimate of drug-likeness (QED) is 0.670. The Morgan fingerprint density at radius 2 is 2.12 bits per heavy atom. The molecule has 1 saturated heterocycles. The molecule has 3 rings (SSSR count). The lowest BCUT2D eigenvalue weighted by molar-refractivity contribution is -0.144. The minimum absolute atomic E-state index is 0.0337. The van der Waals surface area contributed by atoms with Crippen molar-refractivity contribution < 1.29 is 9.90 Å². The maximum Gasteiger partial charge on any atom is 0.307 e. The molecule has 0 radical (unpaired) electrons. The van der Waals surface area contributed by atoms with Gasteiger partial charge in [0.2, 0.25) is 0 Å². The summed E-state index contributed by atoms with van der Waals surface area (Å²) in [5.41, 5.74) is 2.45. The summed E-state index contributed by atoms with van der Waals surface area (Å²) in [6, 6.07) is 8.56. The Labute approximate surface area is 153 Å². The molecule has 2 aromatic rings. The topological polar surface area (TPSA) is 104 Å². The zero-order valence-corrected chi connectivity index (χ0v) is 15.4. The Morgan fingerprint density at radius 3 is 2.65 bits per heavy atom. The first-order valence-electron chi connectivity index (χ1n) is 9.36. The van der Waals surface area contributed by atoms with Crippen molar-refractivity contribution in [3.05, 3.63) is 41.2 Å². The number of nitrogens with one attached hydrogen (secondary N) is 2. The van der Waals surface area contributed by atoms with Gasteiger partial charge < -0.3 is 10.4 Å². The van der Waals surface area contributed by atoms with Gasteiger partial charge in [0.15, 0.2) is 5.82 Å². The first kappa shape index (κ1) is 18.5. The molecule has 1 aromatic carbocycles. The number of aromatic amines is 1. The van der Waals surface area contributed by atoms with E-state index in [4.69, 9.17) is 0 Å². The SMILES string of the molecule is CCC(C)[C@H](C(=O)O)[C@H](Cc1ccc(C2CCNC2)cc1)c1nnn[nH]1. The van der Waals surface area contributed by atoms with E-state index in [0.29, 0.717) is 18.2 Å². The van der Waals surface area contributed by atoms with Crippen LogP contribution in [0.25, 0.3) is 0 Å². The smallest absolute Gasteiger partial charge is 0.307 e. The summed E-state index contributed by atoms with van der Waals surface area (Å²) in [5.74, 6) is -0.460. The minimum atomic E-state index is -0.797. The molecule has 0 amide bonds. The van der Waals surface area contributed by atoms with E-state index in [1.807, 2.05) is 13.8 Å². The fourth-order valence-corrected chi connectivity index (χ4v) is 3.90. The number of carboxylic acids is 1. The van der Waals surface area contributed by atoms with Crippen molar-refractivity contribution in [1.29, 1.82) is 0 Å². The average Bonchev–Trinajstić information content (AvgIpc) is 3.35. The predicted octanol–water partition coefficient (Wildman–Crippen LogP) is 2.35. The number of aromatic nitrogens is 4. The number of hydrogen-bond donors (Lipinski definition) is 3. The molecular weight excluding hydrogens is 330 g/mol. The number of rotatable bonds is 8. The molecule has 1 aromatic heterocycles. The summed E-state index contributed by atoms with van der Waals surface area (Å²) in [6.07, 6.45) is 2.56. The molecule has 3 N–H and O–H groups in total. The molecule has 26 heavy (non-hydrogen) atoms. The van der Waals surface area contributed by atoms with Gasteiger partial charge in [-0.2, -0.15) is 0 Å². The molecule has 7 heteroatoms. The zero-order valence-electron chi connectivity index (χ0n) is 15.4. The van der Waals surface area contributed by atoms with Crippen LogP contribution in [-0.2, 0) is 11.2 Å².